The van der Waals surface area contributed by atoms with E-state index in [1.807, 2.05) is 20.8 Å². The van der Waals surface area contributed by atoms with Gasteiger partial charge in [0.1, 0.15) is 0 Å². The standard InChI is InChI=1S/C9H20N2O2/c1-7(10-12)9(5,6)11(13)8(2,3)4/h12-13H,1-6H3. The van der Waals surface area contributed by atoms with Gasteiger partial charge >= 0.3 is 0 Å². The van der Waals surface area contributed by atoms with Crippen LogP contribution in [0.3, 0.4) is 0 Å². The highest BCUT2D eigenvalue weighted by Gasteiger charge is 2.36. The molecule has 0 bridgehead atoms. The Morgan fingerprint density at radius 3 is 1.77 bits per heavy atom. The van der Waals surface area contributed by atoms with Crippen LogP contribution in [0.5, 0.6) is 0 Å². The Balaban J connectivity index is 4.85. The van der Waals surface area contributed by atoms with Crippen molar-refractivity contribution in [1.29, 1.82) is 0 Å². The minimum Gasteiger partial charge on any atom is -0.411 e. The molecule has 0 spiro atoms. The number of nitrogens with zero attached hydrogens (tertiary/aromatic N) is 2. The second kappa shape index (κ2) is 3.64. The fourth-order valence-corrected chi connectivity index (χ4v) is 1.11. The Kier molecular flexibility index (Phi) is 3.47. The largest absolute Gasteiger partial charge is 0.411 e. The summed E-state index contributed by atoms with van der Waals surface area (Å²) in [5, 5.41) is 22.8. The van der Waals surface area contributed by atoms with Crippen LogP contribution in [0.1, 0.15) is 41.5 Å². The Hall–Kier alpha value is -0.610. The van der Waals surface area contributed by atoms with Crippen LogP contribution in [-0.2, 0) is 0 Å². The van der Waals surface area contributed by atoms with E-state index in [-0.39, 0.29) is 5.54 Å². The van der Waals surface area contributed by atoms with E-state index in [2.05, 4.69) is 5.16 Å². The van der Waals surface area contributed by atoms with Gasteiger partial charge in [-0.05, 0) is 41.5 Å². The number of hydroxylamine groups is 2. The summed E-state index contributed by atoms with van der Waals surface area (Å²) in [6.45, 7) is 10.9. The topological polar surface area (TPSA) is 56.1 Å². The van der Waals surface area contributed by atoms with Crippen LogP contribution < -0.4 is 0 Å². The quantitative estimate of drug-likeness (QED) is 0.396. The summed E-state index contributed by atoms with van der Waals surface area (Å²) in [6, 6.07) is 0. The molecule has 0 amide bonds. The minimum absolute atomic E-state index is 0.380. The summed E-state index contributed by atoms with van der Waals surface area (Å²) in [6.07, 6.45) is 0. The molecule has 0 aromatic rings. The van der Waals surface area contributed by atoms with Crippen LogP contribution >= 0.6 is 0 Å². The average molecular weight is 188 g/mol. The van der Waals surface area contributed by atoms with E-state index >= 15 is 0 Å². The first kappa shape index (κ1) is 12.4. The van der Waals surface area contributed by atoms with Crippen molar-refractivity contribution in [1.82, 2.24) is 5.06 Å². The molecular formula is C9H20N2O2. The first-order valence-electron chi connectivity index (χ1n) is 4.32. The van der Waals surface area contributed by atoms with E-state index in [0.29, 0.717) is 5.71 Å². The zero-order valence-corrected chi connectivity index (χ0v) is 9.29. The molecule has 0 atom stereocenters. The highest BCUT2D eigenvalue weighted by atomic mass is 16.5. The summed E-state index contributed by atoms with van der Waals surface area (Å²) in [5.41, 5.74) is -0.562. The van der Waals surface area contributed by atoms with Crippen molar-refractivity contribution in [2.75, 3.05) is 0 Å². The summed E-state index contributed by atoms with van der Waals surface area (Å²) < 4.78 is 0. The van der Waals surface area contributed by atoms with Crippen molar-refractivity contribution in [3.05, 3.63) is 0 Å². The molecule has 4 heteroatoms. The third-order valence-electron chi connectivity index (χ3n) is 2.20. The predicted molar refractivity (Wildman–Crippen MR) is 52.4 cm³/mol. The lowest BCUT2D eigenvalue weighted by Gasteiger charge is -2.41. The maximum Gasteiger partial charge on any atom is 0.0820 e. The molecular weight excluding hydrogens is 168 g/mol. The van der Waals surface area contributed by atoms with Crippen molar-refractivity contribution in [2.24, 2.45) is 5.16 Å². The lowest BCUT2D eigenvalue weighted by atomic mass is 9.94. The second-order valence-corrected chi connectivity index (χ2v) is 4.73. The van der Waals surface area contributed by atoms with Crippen LogP contribution in [0.4, 0.5) is 0 Å². The zero-order valence-electron chi connectivity index (χ0n) is 9.29. The molecule has 0 unspecified atom stereocenters. The third kappa shape index (κ3) is 2.67. The monoisotopic (exact) mass is 188 g/mol. The molecule has 0 aliphatic heterocycles. The molecule has 0 aliphatic rings. The molecule has 4 nitrogen and oxygen atoms in total. The van der Waals surface area contributed by atoms with Crippen LogP contribution in [0, 0.1) is 0 Å². The minimum atomic E-state index is -0.660. The highest BCUT2D eigenvalue weighted by Crippen LogP contribution is 2.23. The van der Waals surface area contributed by atoms with Gasteiger partial charge in [0.05, 0.1) is 11.3 Å². The van der Waals surface area contributed by atoms with E-state index in [4.69, 9.17) is 5.21 Å². The molecule has 0 aromatic carbocycles. The van der Waals surface area contributed by atoms with Crippen molar-refractivity contribution >= 4 is 5.71 Å². The summed E-state index contributed by atoms with van der Waals surface area (Å²) in [7, 11) is 0. The molecule has 0 saturated heterocycles. The Morgan fingerprint density at radius 2 is 1.54 bits per heavy atom. The number of hydrogen-bond donors (Lipinski definition) is 2. The van der Waals surface area contributed by atoms with Gasteiger partial charge in [-0.1, -0.05) is 5.16 Å². The molecule has 0 rings (SSSR count). The molecule has 0 aliphatic carbocycles. The van der Waals surface area contributed by atoms with Crippen molar-refractivity contribution in [2.45, 2.75) is 52.6 Å². The first-order chi connectivity index (χ1) is 5.64. The highest BCUT2D eigenvalue weighted by molar-refractivity contribution is 5.90. The molecule has 0 saturated carbocycles. The molecule has 78 valence electrons. The summed E-state index contributed by atoms with van der Waals surface area (Å²) >= 11 is 0. The third-order valence-corrected chi connectivity index (χ3v) is 2.20. The molecule has 2 N–H and O–H groups in total. The van der Waals surface area contributed by atoms with E-state index in [1.54, 1.807) is 20.8 Å². The maximum absolute atomic E-state index is 9.86. The van der Waals surface area contributed by atoms with Gasteiger partial charge in [-0.15, -0.1) is 0 Å². The van der Waals surface area contributed by atoms with Crippen LogP contribution in [0.2, 0.25) is 0 Å². The SMILES string of the molecule is CC(=NO)C(C)(C)N(O)C(C)(C)C. The number of rotatable bonds is 2. The van der Waals surface area contributed by atoms with Crippen molar-refractivity contribution in [3.63, 3.8) is 0 Å². The van der Waals surface area contributed by atoms with Crippen molar-refractivity contribution < 1.29 is 10.4 Å². The number of oxime groups is 1. The summed E-state index contributed by atoms with van der Waals surface area (Å²) in [5.74, 6) is 0. The fourth-order valence-electron chi connectivity index (χ4n) is 1.11. The molecule has 0 aromatic heterocycles. The second-order valence-electron chi connectivity index (χ2n) is 4.73. The zero-order chi connectivity index (χ0) is 10.9. The van der Waals surface area contributed by atoms with E-state index < -0.39 is 5.54 Å². The Morgan fingerprint density at radius 1 is 1.15 bits per heavy atom. The predicted octanol–water partition coefficient (Wildman–Crippen LogP) is 2.10. The molecule has 0 heterocycles. The normalized spacial score (nSPS) is 15.2. The Labute approximate surface area is 79.8 Å². The van der Waals surface area contributed by atoms with Crippen molar-refractivity contribution in [3.8, 4) is 0 Å². The van der Waals surface area contributed by atoms with Gasteiger partial charge in [0.15, 0.2) is 0 Å². The molecule has 0 radical (unpaired) electrons. The summed E-state index contributed by atoms with van der Waals surface area (Å²) in [4.78, 5) is 0. The van der Waals surface area contributed by atoms with Gasteiger partial charge in [-0.3, -0.25) is 0 Å². The van der Waals surface area contributed by atoms with Crippen LogP contribution in [-0.4, -0.2) is 32.3 Å². The fraction of sp³-hybridized carbons (Fsp3) is 0.889. The van der Waals surface area contributed by atoms with Gasteiger partial charge in [-0.2, -0.15) is 5.06 Å². The van der Waals surface area contributed by atoms with E-state index in [0.717, 1.165) is 0 Å². The maximum atomic E-state index is 9.86. The van der Waals surface area contributed by atoms with Gasteiger partial charge in [-0.25, -0.2) is 0 Å². The van der Waals surface area contributed by atoms with Gasteiger partial charge in [0, 0.05) is 5.54 Å². The lowest BCUT2D eigenvalue weighted by molar-refractivity contribution is -0.197. The molecule has 13 heavy (non-hydrogen) atoms. The first-order valence-corrected chi connectivity index (χ1v) is 4.32. The average Bonchev–Trinajstić information content (AvgIpc) is 1.99. The number of hydrogen-bond acceptors (Lipinski definition) is 4. The lowest BCUT2D eigenvalue weighted by Crippen LogP contribution is -2.55. The van der Waals surface area contributed by atoms with Gasteiger partial charge in [0.25, 0.3) is 0 Å². The molecule has 0 fully saturated rings. The van der Waals surface area contributed by atoms with Gasteiger partial charge < -0.3 is 10.4 Å². The Bertz CT molecular complexity index is 204. The van der Waals surface area contributed by atoms with E-state index in [9.17, 15) is 5.21 Å². The van der Waals surface area contributed by atoms with Crippen LogP contribution in [0.15, 0.2) is 5.16 Å². The van der Waals surface area contributed by atoms with Gasteiger partial charge in [0.2, 0.25) is 0 Å². The van der Waals surface area contributed by atoms with Crippen LogP contribution in [0.25, 0.3) is 0 Å². The van der Waals surface area contributed by atoms with E-state index in [1.165, 1.54) is 5.06 Å². The smallest absolute Gasteiger partial charge is 0.0820 e.